The van der Waals surface area contributed by atoms with Crippen molar-refractivity contribution >= 4 is 5.96 Å². The number of aliphatic imine (C=N–C) groups is 1. The topological polar surface area (TPSA) is 80.9 Å². The first-order valence-electron chi connectivity index (χ1n) is 4.23. The van der Waals surface area contributed by atoms with Crippen molar-refractivity contribution in [3.8, 4) is 0 Å². The molecular formula is C7H16N4O2. The Balaban J connectivity index is 2.16. The average Bonchev–Trinajstić information content (AvgIpc) is 2.21. The number of ether oxygens (including phenoxy) is 2. The molecule has 0 bridgehead atoms. The lowest BCUT2D eigenvalue weighted by atomic mass is 10.3. The van der Waals surface area contributed by atoms with Crippen LogP contribution in [0.4, 0.5) is 0 Å². The molecule has 1 saturated heterocycles. The summed E-state index contributed by atoms with van der Waals surface area (Å²) in [6.45, 7) is 2.60. The monoisotopic (exact) mass is 188 g/mol. The van der Waals surface area contributed by atoms with Gasteiger partial charge < -0.3 is 14.8 Å². The number of hydrogen-bond acceptors (Lipinski definition) is 4. The summed E-state index contributed by atoms with van der Waals surface area (Å²) in [6, 6.07) is 0. The molecule has 1 fully saturated rings. The first-order chi connectivity index (χ1) is 6.36. The van der Waals surface area contributed by atoms with Crippen LogP contribution in [0.15, 0.2) is 4.99 Å². The first-order valence-corrected chi connectivity index (χ1v) is 4.23. The molecular weight excluding hydrogens is 172 g/mol. The van der Waals surface area contributed by atoms with Crippen molar-refractivity contribution < 1.29 is 9.47 Å². The maximum absolute atomic E-state index is 5.41. The van der Waals surface area contributed by atoms with E-state index in [0.717, 1.165) is 0 Å². The Morgan fingerprint density at radius 3 is 3.00 bits per heavy atom. The molecule has 1 aliphatic rings. The molecule has 0 aromatic carbocycles. The van der Waals surface area contributed by atoms with Crippen molar-refractivity contribution in [2.24, 2.45) is 10.8 Å². The van der Waals surface area contributed by atoms with E-state index in [1.807, 2.05) is 0 Å². The summed E-state index contributed by atoms with van der Waals surface area (Å²) in [5.41, 5.74) is 2.43. The van der Waals surface area contributed by atoms with Gasteiger partial charge >= 0.3 is 0 Å². The Labute approximate surface area is 77.5 Å². The Morgan fingerprint density at radius 1 is 1.62 bits per heavy atom. The van der Waals surface area contributed by atoms with Crippen molar-refractivity contribution in [1.82, 2.24) is 10.7 Å². The van der Waals surface area contributed by atoms with Gasteiger partial charge in [0.05, 0.1) is 25.9 Å². The second-order valence-electron chi connectivity index (χ2n) is 2.67. The number of hydrazine groups is 1. The molecule has 4 N–H and O–H groups in total. The third-order valence-corrected chi connectivity index (χ3v) is 1.74. The Kier molecular flexibility index (Phi) is 4.52. The van der Waals surface area contributed by atoms with Crippen LogP contribution < -0.4 is 16.6 Å². The highest BCUT2D eigenvalue weighted by molar-refractivity contribution is 5.78. The highest BCUT2D eigenvalue weighted by atomic mass is 16.6. The SMILES string of the molecule is CN=C(NN)NCC1COCCO1. The van der Waals surface area contributed by atoms with Crippen LogP contribution in [0, 0.1) is 0 Å². The second kappa shape index (κ2) is 5.74. The van der Waals surface area contributed by atoms with Crippen molar-refractivity contribution in [2.75, 3.05) is 33.4 Å². The molecule has 0 radical (unpaired) electrons. The van der Waals surface area contributed by atoms with Crippen LogP contribution in [0.2, 0.25) is 0 Å². The Bertz CT molecular complexity index is 168. The molecule has 13 heavy (non-hydrogen) atoms. The van der Waals surface area contributed by atoms with Crippen LogP contribution >= 0.6 is 0 Å². The smallest absolute Gasteiger partial charge is 0.205 e. The summed E-state index contributed by atoms with van der Waals surface area (Å²) in [5.74, 6) is 5.73. The molecule has 0 amide bonds. The molecule has 0 spiro atoms. The molecule has 1 rings (SSSR count). The van der Waals surface area contributed by atoms with E-state index in [-0.39, 0.29) is 6.10 Å². The highest BCUT2D eigenvalue weighted by Gasteiger charge is 2.13. The number of guanidine groups is 1. The maximum atomic E-state index is 5.41. The molecule has 1 heterocycles. The normalized spacial score (nSPS) is 24.2. The number of nitrogens with one attached hydrogen (secondary N) is 2. The largest absolute Gasteiger partial charge is 0.376 e. The van der Waals surface area contributed by atoms with E-state index >= 15 is 0 Å². The fraction of sp³-hybridized carbons (Fsp3) is 0.857. The molecule has 0 aromatic rings. The minimum absolute atomic E-state index is 0.0823. The lowest BCUT2D eigenvalue weighted by molar-refractivity contribution is -0.0850. The van der Waals surface area contributed by atoms with Gasteiger partial charge in [0.1, 0.15) is 0 Å². The summed E-state index contributed by atoms with van der Waals surface area (Å²) in [5, 5.41) is 3.00. The predicted molar refractivity (Wildman–Crippen MR) is 49.2 cm³/mol. The standard InChI is InChI=1S/C7H16N4O2/c1-9-7(11-8)10-4-6-5-12-2-3-13-6/h6H,2-5,8H2,1H3,(H2,9,10,11). The zero-order valence-corrected chi connectivity index (χ0v) is 7.75. The quantitative estimate of drug-likeness (QED) is 0.211. The van der Waals surface area contributed by atoms with Crippen LogP contribution in [0.1, 0.15) is 0 Å². The van der Waals surface area contributed by atoms with E-state index < -0.39 is 0 Å². The van der Waals surface area contributed by atoms with Gasteiger partial charge in [-0.1, -0.05) is 0 Å². The van der Waals surface area contributed by atoms with Crippen LogP contribution in [-0.4, -0.2) is 45.5 Å². The fourth-order valence-electron chi connectivity index (χ4n) is 1.06. The lowest BCUT2D eigenvalue weighted by Crippen LogP contribution is -2.46. The van der Waals surface area contributed by atoms with E-state index in [0.29, 0.717) is 32.3 Å². The van der Waals surface area contributed by atoms with E-state index in [1.54, 1.807) is 7.05 Å². The molecule has 6 heteroatoms. The summed E-state index contributed by atoms with van der Waals surface area (Å²) in [4.78, 5) is 3.86. The molecule has 6 nitrogen and oxygen atoms in total. The summed E-state index contributed by atoms with van der Waals surface area (Å²) in [7, 11) is 1.65. The third-order valence-electron chi connectivity index (χ3n) is 1.74. The van der Waals surface area contributed by atoms with Crippen molar-refractivity contribution in [3.63, 3.8) is 0 Å². The molecule has 0 saturated carbocycles. The van der Waals surface area contributed by atoms with E-state index in [1.165, 1.54) is 0 Å². The number of rotatable bonds is 2. The van der Waals surface area contributed by atoms with Gasteiger partial charge in [0.25, 0.3) is 0 Å². The van der Waals surface area contributed by atoms with Crippen molar-refractivity contribution in [2.45, 2.75) is 6.10 Å². The van der Waals surface area contributed by atoms with E-state index in [4.69, 9.17) is 15.3 Å². The van der Waals surface area contributed by atoms with Gasteiger partial charge in [-0.05, 0) is 0 Å². The van der Waals surface area contributed by atoms with Gasteiger partial charge in [-0.3, -0.25) is 10.4 Å². The van der Waals surface area contributed by atoms with E-state index in [9.17, 15) is 0 Å². The molecule has 1 aliphatic heterocycles. The molecule has 0 aliphatic carbocycles. The zero-order valence-electron chi connectivity index (χ0n) is 7.75. The summed E-state index contributed by atoms with van der Waals surface area (Å²) < 4.78 is 10.6. The first kappa shape index (κ1) is 10.2. The van der Waals surface area contributed by atoms with Gasteiger partial charge in [-0.2, -0.15) is 0 Å². The lowest BCUT2D eigenvalue weighted by Gasteiger charge is -2.23. The van der Waals surface area contributed by atoms with Gasteiger partial charge in [-0.15, -0.1) is 0 Å². The fourth-order valence-corrected chi connectivity index (χ4v) is 1.06. The average molecular weight is 188 g/mol. The minimum Gasteiger partial charge on any atom is -0.376 e. The number of nitrogens with two attached hydrogens (primary N) is 1. The predicted octanol–water partition coefficient (Wildman–Crippen LogP) is -1.56. The minimum atomic E-state index is 0.0823. The van der Waals surface area contributed by atoms with Crippen molar-refractivity contribution in [3.05, 3.63) is 0 Å². The summed E-state index contributed by atoms with van der Waals surface area (Å²) >= 11 is 0. The van der Waals surface area contributed by atoms with Crippen LogP contribution in [0.5, 0.6) is 0 Å². The van der Waals surface area contributed by atoms with Gasteiger partial charge in [-0.25, -0.2) is 5.84 Å². The highest BCUT2D eigenvalue weighted by Crippen LogP contribution is 1.98. The molecule has 76 valence electrons. The Morgan fingerprint density at radius 2 is 2.46 bits per heavy atom. The molecule has 1 atom stereocenters. The van der Waals surface area contributed by atoms with Gasteiger partial charge in [0.2, 0.25) is 5.96 Å². The molecule has 1 unspecified atom stereocenters. The maximum Gasteiger partial charge on any atom is 0.205 e. The third kappa shape index (κ3) is 3.58. The Hall–Kier alpha value is -0.850. The van der Waals surface area contributed by atoms with Crippen molar-refractivity contribution in [1.29, 1.82) is 0 Å². The van der Waals surface area contributed by atoms with Gasteiger partial charge in [0, 0.05) is 13.6 Å². The number of hydrogen-bond donors (Lipinski definition) is 3. The van der Waals surface area contributed by atoms with E-state index in [2.05, 4.69) is 15.7 Å². The molecule has 0 aromatic heterocycles. The van der Waals surface area contributed by atoms with Crippen LogP contribution in [0.3, 0.4) is 0 Å². The van der Waals surface area contributed by atoms with Crippen LogP contribution in [-0.2, 0) is 9.47 Å². The van der Waals surface area contributed by atoms with Gasteiger partial charge in [0.15, 0.2) is 0 Å². The summed E-state index contributed by atoms with van der Waals surface area (Å²) in [6.07, 6.45) is 0.0823. The second-order valence-corrected chi connectivity index (χ2v) is 2.67. The zero-order chi connectivity index (χ0) is 9.52. The van der Waals surface area contributed by atoms with Crippen LogP contribution in [0.25, 0.3) is 0 Å². The number of nitrogens with zero attached hydrogens (tertiary/aromatic N) is 1.